The fraction of sp³-hybridized carbons (Fsp3) is 0.250. The predicted molar refractivity (Wildman–Crippen MR) is 44.8 cm³/mol. The molecule has 0 radical (unpaired) electrons. The van der Waals surface area contributed by atoms with Crippen molar-refractivity contribution in [1.29, 1.82) is 0 Å². The molecule has 0 fully saturated rings. The van der Waals surface area contributed by atoms with Crippen LogP contribution in [0.5, 0.6) is 5.75 Å². The summed E-state index contributed by atoms with van der Waals surface area (Å²) >= 11 is 1.33. The molecule has 0 N–H and O–H groups in total. The van der Waals surface area contributed by atoms with Crippen molar-refractivity contribution in [2.45, 2.75) is 11.5 Å². The lowest BCUT2D eigenvalue weighted by Crippen LogP contribution is -2.03. The van der Waals surface area contributed by atoms with Crippen molar-refractivity contribution in [2.24, 2.45) is 0 Å². The summed E-state index contributed by atoms with van der Waals surface area (Å²) in [4.78, 5) is 0.666. The molecule has 0 saturated heterocycles. The fourth-order valence-electron chi connectivity index (χ4n) is 0.800. The van der Waals surface area contributed by atoms with E-state index < -0.39 is 18.2 Å². The molecule has 0 aliphatic heterocycles. The van der Waals surface area contributed by atoms with Gasteiger partial charge in [0.2, 0.25) is 0 Å². The molecular weight excluding hydrogens is 201 g/mol. The number of alkyl halides is 2. The van der Waals surface area contributed by atoms with E-state index >= 15 is 0 Å². The van der Waals surface area contributed by atoms with Crippen LogP contribution in [0.3, 0.4) is 0 Å². The molecule has 0 aliphatic rings. The number of benzene rings is 1. The maximum absolute atomic E-state index is 12.9. The average molecular weight is 208 g/mol. The van der Waals surface area contributed by atoms with E-state index in [9.17, 15) is 13.2 Å². The van der Waals surface area contributed by atoms with Gasteiger partial charge in [0.05, 0.1) is 0 Å². The molecule has 1 aromatic rings. The van der Waals surface area contributed by atoms with Gasteiger partial charge in [-0.3, -0.25) is 0 Å². The molecule has 0 atom stereocenters. The van der Waals surface area contributed by atoms with Gasteiger partial charge in [-0.25, -0.2) is 4.39 Å². The van der Waals surface area contributed by atoms with Crippen LogP contribution in [0.4, 0.5) is 13.2 Å². The van der Waals surface area contributed by atoms with Crippen LogP contribution in [0, 0.1) is 5.82 Å². The lowest BCUT2D eigenvalue weighted by atomic mass is 10.3. The Morgan fingerprint density at radius 3 is 2.54 bits per heavy atom. The maximum Gasteiger partial charge on any atom is 0.387 e. The van der Waals surface area contributed by atoms with E-state index in [0.29, 0.717) is 4.90 Å². The van der Waals surface area contributed by atoms with Gasteiger partial charge >= 0.3 is 6.61 Å². The van der Waals surface area contributed by atoms with Crippen molar-refractivity contribution in [3.63, 3.8) is 0 Å². The maximum atomic E-state index is 12.9. The lowest BCUT2D eigenvalue weighted by molar-refractivity contribution is -0.0522. The van der Waals surface area contributed by atoms with Gasteiger partial charge in [-0.2, -0.15) is 8.78 Å². The van der Waals surface area contributed by atoms with Gasteiger partial charge in [0.1, 0.15) is 0 Å². The van der Waals surface area contributed by atoms with Gasteiger partial charge in [0.25, 0.3) is 0 Å². The normalized spacial score (nSPS) is 10.5. The summed E-state index contributed by atoms with van der Waals surface area (Å²) in [5, 5.41) is 0. The van der Waals surface area contributed by atoms with Crippen LogP contribution < -0.4 is 4.74 Å². The highest BCUT2D eigenvalue weighted by Gasteiger charge is 2.09. The molecular formula is C8H7F3OS. The van der Waals surface area contributed by atoms with Crippen LogP contribution in [-0.2, 0) is 0 Å². The Balaban J connectivity index is 2.85. The monoisotopic (exact) mass is 208 g/mol. The Kier molecular flexibility index (Phi) is 3.48. The van der Waals surface area contributed by atoms with Gasteiger partial charge < -0.3 is 4.74 Å². The average Bonchev–Trinajstić information content (AvgIpc) is 2.08. The predicted octanol–water partition coefficient (Wildman–Crippen LogP) is 3.15. The van der Waals surface area contributed by atoms with E-state index in [1.807, 2.05) is 0 Å². The van der Waals surface area contributed by atoms with E-state index in [0.717, 1.165) is 6.07 Å². The third-order valence-corrected chi connectivity index (χ3v) is 2.08. The third-order valence-electron chi connectivity index (χ3n) is 1.36. The standard InChI is InChI=1S/C8H7F3OS/c1-13-5-2-3-7(6(9)4-5)12-8(10)11/h2-4,8H,1H3. The summed E-state index contributed by atoms with van der Waals surface area (Å²) in [6.07, 6.45) is 1.77. The third kappa shape index (κ3) is 2.84. The zero-order valence-corrected chi connectivity index (χ0v) is 7.58. The summed E-state index contributed by atoms with van der Waals surface area (Å²) in [7, 11) is 0. The second-order valence-electron chi connectivity index (χ2n) is 2.17. The van der Waals surface area contributed by atoms with Crippen LogP contribution in [0.1, 0.15) is 0 Å². The Bertz CT molecular complexity index is 291. The first-order valence-electron chi connectivity index (χ1n) is 3.42. The van der Waals surface area contributed by atoms with E-state index in [-0.39, 0.29) is 0 Å². The van der Waals surface area contributed by atoms with Gasteiger partial charge in [0.15, 0.2) is 11.6 Å². The van der Waals surface area contributed by atoms with E-state index in [2.05, 4.69) is 4.74 Å². The van der Waals surface area contributed by atoms with Crippen molar-refractivity contribution >= 4 is 11.8 Å². The fourth-order valence-corrected chi connectivity index (χ4v) is 1.23. The molecule has 13 heavy (non-hydrogen) atoms. The quantitative estimate of drug-likeness (QED) is 0.705. The van der Waals surface area contributed by atoms with Gasteiger partial charge in [-0.1, -0.05) is 0 Å². The first-order chi connectivity index (χ1) is 6.13. The summed E-state index contributed by atoms with van der Waals surface area (Å²) in [5.41, 5.74) is 0. The van der Waals surface area contributed by atoms with Crippen molar-refractivity contribution in [1.82, 2.24) is 0 Å². The first kappa shape index (κ1) is 10.2. The minimum atomic E-state index is -2.99. The number of hydrogen-bond acceptors (Lipinski definition) is 2. The number of rotatable bonds is 3. The summed E-state index contributed by atoms with van der Waals surface area (Å²) in [6.45, 7) is -2.99. The van der Waals surface area contributed by atoms with Crippen molar-refractivity contribution < 1.29 is 17.9 Å². The van der Waals surface area contributed by atoms with Crippen LogP contribution in [-0.4, -0.2) is 12.9 Å². The first-order valence-corrected chi connectivity index (χ1v) is 4.64. The minimum absolute atomic E-state index is 0.423. The summed E-state index contributed by atoms with van der Waals surface area (Å²) in [5.74, 6) is -1.19. The zero-order valence-electron chi connectivity index (χ0n) is 6.76. The topological polar surface area (TPSA) is 9.23 Å². The second kappa shape index (κ2) is 4.41. The highest BCUT2D eigenvalue weighted by molar-refractivity contribution is 7.98. The number of hydrogen-bond donors (Lipinski definition) is 0. The van der Waals surface area contributed by atoms with E-state index in [4.69, 9.17) is 0 Å². The van der Waals surface area contributed by atoms with E-state index in [1.165, 1.54) is 23.9 Å². The highest BCUT2D eigenvalue weighted by atomic mass is 32.2. The lowest BCUT2D eigenvalue weighted by Gasteiger charge is -2.05. The second-order valence-corrected chi connectivity index (χ2v) is 3.05. The van der Waals surface area contributed by atoms with Crippen LogP contribution in [0.25, 0.3) is 0 Å². The number of ether oxygens (including phenoxy) is 1. The molecule has 0 aliphatic carbocycles. The Morgan fingerprint density at radius 1 is 1.38 bits per heavy atom. The van der Waals surface area contributed by atoms with E-state index in [1.54, 1.807) is 6.26 Å². The van der Waals surface area contributed by atoms with Crippen molar-refractivity contribution in [2.75, 3.05) is 6.26 Å². The van der Waals surface area contributed by atoms with Crippen LogP contribution in [0.2, 0.25) is 0 Å². The molecule has 1 aromatic carbocycles. The van der Waals surface area contributed by atoms with Crippen molar-refractivity contribution in [3.8, 4) is 5.75 Å². The SMILES string of the molecule is CSc1ccc(OC(F)F)c(F)c1. The van der Waals surface area contributed by atoms with Gasteiger partial charge in [-0.15, -0.1) is 11.8 Å². The molecule has 5 heteroatoms. The Morgan fingerprint density at radius 2 is 2.08 bits per heavy atom. The largest absolute Gasteiger partial charge is 0.432 e. The smallest absolute Gasteiger partial charge is 0.387 e. The molecule has 0 heterocycles. The molecule has 1 nitrogen and oxygen atoms in total. The molecule has 1 rings (SSSR count). The zero-order chi connectivity index (χ0) is 9.84. The van der Waals surface area contributed by atoms with Gasteiger partial charge in [-0.05, 0) is 24.5 Å². The van der Waals surface area contributed by atoms with Crippen LogP contribution in [0.15, 0.2) is 23.1 Å². The Hall–Kier alpha value is -0.840. The van der Waals surface area contributed by atoms with Gasteiger partial charge in [0, 0.05) is 4.90 Å². The molecule has 0 unspecified atom stereocenters. The van der Waals surface area contributed by atoms with Crippen molar-refractivity contribution in [3.05, 3.63) is 24.0 Å². The number of thioether (sulfide) groups is 1. The van der Waals surface area contributed by atoms with Crippen LogP contribution >= 0.6 is 11.8 Å². The Labute approximate surface area is 77.9 Å². The molecule has 0 saturated carbocycles. The molecule has 0 bridgehead atoms. The minimum Gasteiger partial charge on any atom is -0.432 e. The summed E-state index contributed by atoms with van der Waals surface area (Å²) in [6, 6.07) is 3.86. The molecule has 0 amide bonds. The molecule has 72 valence electrons. The summed E-state index contributed by atoms with van der Waals surface area (Å²) < 4.78 is 40.2. The molecule has 0 aromatic heterocycles. The number of halogens is 3. The highest BCUT2D eigenvalue weighted by Crippen LogP contribution is 2.24. The molecule has 0 spiro atoms.